The number of rotatable bonds is 4. The summed E-state index contributed by atoms with van der Waals surface area (Å²) in [6.45, 7) is 3.66. The molecule has 0 radical (unpaired) electrons. The Labute approximate surface area is 110 Å². The normalized spacial score (nSPS) is 9.89. The van der Waals surface area contributed by atoms with E-state index in [-0.39, 0.29) is 16.9 Å². The molecule has 2 aromatic rings. The highest BCUT2D eigenvalue weighted by Gasteiger charge is 2.18. The van der Waals surface area contributed by atoms with Gasteiger partial charge < -0.3 is 5.11 Å². The van der Waals surface area contributed by atoms with Crippen LogP contribution in [0.1, 0.15) is 31.8 Å². The summed E-state index contributed by atoms with van der Waals surface area (Å²) < 4.78 is 0. The summed E-state index contributed by atoms with van der Waals surface area (Å²) in [6, 6.07) is 13.2. The van der Waals surface area contributed by atoms with Crippen LogP contribution in [0, 0.1) is 0 Å². The molecule has 0 saturated heterocycles. The minimum Gasteiger partial charge on any atom is -0.478 e. The molecule has 0 aromatic heterocycles. The average Bonchev–Trinajstić information content (AvgIpc) is 2.46. The van der Waals surface area contributed by atoms with Gasteiger partial charge in [-0.3, -0.25) is 4.79 Å². The van der Waals surface area contributed by atoms with Gasteiger partial charge >= 0.3 is 5.97 Å². The highest BCUT2D eigenvalue weighted by atomic mass is 16.4. The Kier molecular flexibility index (Phi) is 3.57. The van der Waals surface area contributed by atoms with Crippen molar-refractivity contribution < 1.29 is 14.7 Å². The Morgan fingerprint density at radius 3 is 2.00 bits per heavy atom. The second kappa shape index (κ2) is 5.31. The van der Waals surface area contributed by atoms with Crippen molar-refractivity contribution >= 4 is 17.8 Å². The fourth-order valence-electron chi connectivity index (χ4n) is 1.89. The van der Waals surface area contributed by atoms with Crippen LogP contribution in [0.25, 0.3) is 6.08 Å². The monoisotopic (exact) mass is 252 g/mol. The molecule has 19 heavy (non-hydrogen) atoms. The molecule has 2 rings (SSSR count). The summed E-state index contributed by atoms with van der Waals surface area (Å²) in [5.41, 5.74) is 1.33. The highest BCUT2D eigenvalue weighted by molar-refractivity contribution is 6.15. The van der Waals surface area contributed by atoms with Crippen LogP contribution in [0.2, 0.25) is 0 Å². The minimum absolute atomic E-state index is 0.00589. The van der Waals surface area contributed by atoms with Crippen LogP contribution in [-0.2, 0) is 0 Å². The fourth-order valence-corrected chi connectivity index (χ4v) is 1.89. The molecule has 0 aliphatic heterocycles. The molecule has 0 aliphatic rings. The van der Waals surface area contributed by atoms with Gasteiger partial charge in [0.15, 0.2) is 5.78 Å². The lowest BCUT2D eigenvalue weighted by Gasteiger charge is -2.07. The van der Waals surface area contributed by atoms with Gasteiger partial charge in [0.05, 0.1) is 5.56 Å². The smallest absolute Gasteiger partial charge is 0.336 e. The Morgan fingerprint density at radius 2 is 1.42 bits per heavy atom. The van der Waals surface area contributed by atoms with Crippen LogP contribution in [0.5, 0.6) is 0 Å². The molecule has 0 spiro atoms. The number of carbonyl (C=O) groups is 2. The summed E-state index contributed by atoms with van der Waals surface area (Å²) >= 11 is 0. The van der Waals surface area contributed by atoms with E-state index >= 15 is 0 Å². The first-order valence-corrected chi connectivity index (χ1v) is 5.73. The van der Waals surface area contributed by atoms with Gasteiger partial charge in [-0.2, -0.15) is 0 Å². The van der Waals surface area contributed by atoms with Gasteiger partial charge in [-0.15, -0.1) is 0 Å². The summed E-state index contributed by atoms with van der Waals surface area (Å²) in [4.78, 5) is 23.6. The molecule has 3 nitrogen and oxygen atoms in total. The van der Waals surface area contributed by atoms with Crippen molar-refractivity contribution in [3.05, 3.63) is 77.4 Å². The van der Waals surface area contributed by atoms with E-state index in [2.05, 4.69) is 6.58 Å². The average molecular weight is 252 g/mol. The number of benzene rings is 2. The summed E-state index contributed by atoms with van der Waals surface area (Å²) in [7, 11) is 0. The zero-order valence-corrected chi connectivity index (χ0v) is 10.2. The topological polar surface area (TPSA) is 54.4 Å². The molecule has 0 saturated carbocycles. The van der Waals surface area contributed by atoms with Crippen molar-refractivity contribution in [2.24, 2.45) is 0 Å². The molecule has 1 N–H and O–H groups in total. The Balaban J connectivity index is 2.57. The van der Waals surface area contributed by atoms with Crippen molar-refractivity contribution in [2.45, 2.75) is 0 Å². The zero-order valence-electron chi connectivity index (χ0n) is 10.2. The van der Waals surface area contributed by atoms with Crippen LogP contribution in [0.15, 0.2) is 55.1 Å². The lowest BCUT2D eigenvalue weighted by molar-refractivity contribution is 0.0693. The number of ketones is 1. The molecule has 0 fully saturated rings. The van der Waals surface area contributed by atoms with Gasteiger partial charge in [0, 0.05) is 11.1 Å². The molecule has 0 heterocycles. The molecular formula is C16H12O3. The second-order valence-electron chi connectivity index (χ2n) is 3.97. The van der Waals surface area contributed by atoms with Crippen LogP contribution >= 0.6 is 0 Å². The van der Waals surface area contributed by atoms with Gasteiger partial charge in [-0.05, 0) is 11.6 Å². The number of hydrogen-bond donors (Lipinski definition) is 1. The first-order chi connectivity index (χ1) is 9.15. The summed E-state index contributed by atoms with van der Waals surface area (Å²) in [6.07, 6.45) is 1.58. The van der Waals surface area contributed by atoms with E-state index in [1.54, 1.807) is 42.5 Å². The van der Waals surface area contributed by atoms with E-state index in [0.717, 1.165) is 0 Å². The van der Waals surface area contributed by atoms with Gasteiger partial charge in [0.2, 0.25) is 0 Å². The first-order valence-electron chi connectivity index (χ1n) is 5.73. The van der Waals surface area contributed by atoms with E-state index in [0.29, 0.717) is 11.1 Å². The molecule has 0 unspecified atom stereocenters. The quantitative estimate of drug-likeness (QED) is 0.850. The molecular weight excluding hydrogens is 240 g/mol. The van der Waals surface area contributed by atoms with Gasteiger partial charge in [0.1, 0.15) is 0 Å². The number of aromatic carboxylic acids is 1. The molecule has 2 aromatic carbocycles. The number of carbonyl (C=O) groups excluding carboxylic acids is 1. The lowest BCUT2D eigenvalue weighted by Crippen LogP contribution is -2.10. The van der Waals surface area contributed by atoms with E-state index in [4.69, 9.17) is 5.11 Å². The van der Waals surface area contributed by atoms with Crippen molar-refractivity contribution in [2.75, 3.05) is 0 Å². The SMILES string of the molecule is C=Cc1ccccc1C(=O)c1ccccc1C(=O)O. The van der Waals surface area contributed by atoms with Gasteiger partial charge in [-0.25, -0.2) is 4.79 Å². The maximum Gasteiger partial charge on any atom is 0.336 e. The van der Waals surface area contributed by atoms with Crippen molar-refractivity contribution in [1.29, 1.82) is 0 Å². The maximum atomic E-state index is 12.4. The molecule has 0 atom stereocenters. The van der Waals surface area contributed by atoms with Crippen LogP contribution in [0.4, 0.5) is 0 Å². The zero-order chi connectivity index (χ0) is 13.8. The summed E-state index contributed by atoms with van der Waals surface area (Å²) in [5.74, 6) is -1.42. The van der Waals surface area contributed by atoms with Crippen LogP contribution in [-0.4, -0.2) is 16.9 Å². The standard InChI is InChI=1S/C16H12O3/c1-2-11-7-3-4-8-12(11)15(17)13-9-5-6-10-14(13)16(18)19/h2-10H,1H2,(H,18,19). The molecule has 0 amide bonds. The fraction of sp³-hybridized carbons (Fsp3) is 0. The van der Waals surface area contributed by atoms with Crippen molar-refractivity contribution in [1.82, 2.24) is 0 Å². The molecule has 0 aliphatic carbocycles. The third kappa shape index (κ3) is 2.45. The third-order valence-corrected chi connectivity index (χ3v) is 2.83. The first kappa shape index (κ1) is 12.8. The minimum atomic E-state index is -1.11. The van der Waals surface area contributed by atoms with Crippen molar-refractivity contribution in [3.63, 3.8) is 0 Å². The van der Waals surface area contributed by atoms with E-state index in [1.807, 2.05) is 0 Å². The number of hydrogen-bond acceptors (Lipinski definition) is 2. The Morgan fingerprint density at radius 1 is 0.895 bits per heavy atom. The number of carboxylic acid groups (broad SMARTS) is 1. The predicted octanol–water partition coefficient (Wildman–Crippen LogP) is 3.26. The summed E-state index contributed by atoms with van der Waals surface area (Å²) in [5, 5.41) is 9.12. The van der Waals surface area contributed by atoms with Crippen molar-refractivity contribution in [3.8, 4) is 0 Å². The highest BCUT2D eigenvalue weighted by Crippen LogP contribution is 2.18. The van der Waals surface area contributed by atoms with Gasteiger partial charge in [0.25, 0.3) is 0 Å². The van der Waals surface area contributed by atoms with Crippen LogP contribution in [0.3, 0.4) is 0 Å². The van der Waals surface area contributed by atoms with E-state index in [9.17, 15) is 9.59 Å². The Hall–Kier alpha value is -2.68. The van der Waals surface area contributed by atoms with E-state index in [1.165, 1.54) is 12.1 Å². The van der Waals surface area contributed by atoms with Crippen LogP contribution < -0.4 is 0 Å². The third-order valence-electron chi connectivity index (χ3n) is 2.83. The maximum absolute atomic E-state index is 12.4. The Bertz CT molecular complexity index is 657. The molecule has 0 bridgehead atoms. The largest absolute Gasteiger partial charge is 0.478 e. The predicted molar refractivity (Wildman–Crippen MR) is 73.4 cm³/mol. The molecule has 94 valence electrons. The second-order valence-corrected chi connectivity index (χ2v) is 3.97. The molecule has 3 heteroatoms. The lowest BCUT2D eigenvalue weighted by atomic mass is 9.95. The number of carboxylic acids is 1. The van der Waals surface area contributed by atoms with E-state index < -0.39 is 5.97 Å². The van der Waals surface area contributed by atoms with Gasteiger partial charge in [-0.1, -0.05) is 55.1 Å².